The fraction of sp³-hybridized carbons (Fsp3) is 0.750. The molecule has 1 aromatic heterocycles. The molecule has 1 heterocycles. The predicted octanol–water partition coefficient (Wildman–Crippen LogP) is 0.873. The maximum atomic E-state index is 8.99. The van der Waals surface area contributed by atoms with Crippen molar-refractivity contribution in [2.24, 2.45) is 0 Å². The van der Waals surface area contributed by atoms with Crippen molar-refractivity contribution in [1.82, 2.24) is 15.0 Å². The smallest absolute Gasteiger partial charge is 0.231 e. The van der Waals surface area contributed by atoms with Crippen molar-refractivity contribution in [2.45, 2.75) is 39.7 Å². The molecule has 108 valence electrons. The molecule has 0 bridgehead atoms. The van der Waals surface area contributed by atoms with Crippen LogP contribution in [0.1, 0.15) is 33.6 Å². The number of rotatable bonds is 8. The van der Waals surface area contributed by atoms with Gasteiger partial charge < -0.3 is 21.1 Å². The number of nitrogens with two attached hydrogens (primary N) is 1. The molecule has 19 heavy (non-hydrogen) atoms. The second-order valence-corrected chi connectivity index (χ2v) is 4.25. The van der Waals surface area contributed by atoms with Gasteiger partial charge in [0.1, 0.15) is 0 Å². The number of hydrogen-bond donors (Lipinski definition) is 3. The summed E-state index contributed by atoms with van der Waals surface area (Å²) in [5.41, 5.74) is 5.72. The summed E-state index contributed by atoms with van der Waals surface area (Å²) in [7, 11) is 0. The predicted molar refractivity (Wildman–Crippen MR) is 77.2 cm³/mol. The number of aliphatic hydroxyl groups is 1. The molecule has 0 amide bonds. The lowest BCUT2D eigenvalue weighted by molar-refractivity contribution is 0.278. The standard InChI is InChI=1S/C12H24N6O/c1-4-9(7-8-19)14-11-15-10(13)16-12(17-11)18(5-2)6-3/h9,19H,4-8H2,1-3H3,(H3,13,14,15,16,17). The number of anilines is 3. The Bertz CT molecular complexity index is 382. The zero-order valence-corrected chi connectivity index (χ0v) is 11.9. The molecule has 0 aromatic carbocycles. The van der Waals surface area contributed by atoms with Crippen molar-refractivity contribution < 1.29 is 5.11 Å². The molecule has 0 aliphatic carbocycles. The highest BCUT2D eigenvalue weighted by molar-refractivity contribution is 5.42. The quantitative estimate of drug-likeness (QED) is 0.643. The highest BCUT2D eigenvalue weighted by Crippen LogP contribution is 2.13. The summed E-state index contributed by atoms with van der Waals surface area (Å²) in [6, 6.07) is 0.136. The van der Waals surface area contributed by atoms with E-state index in [-0.39, 0.29) is 18.6 Å². The van der Waals surface area contributed by atoms with Gasteiger partial charge in [-0.1, -0.05) is 6.92 Å². The summed E-state index contributed by atoms with van der Waals surface area (Å²) in [6.07, 6.45) is 1.54. The van der Waals surface area contributed by atoms with Gasteiger partial charge in [-0.25, -0.2) is 0 Å². The third-order valence-electron chi connectivity index (χ3n) is 2.99. The molecule has 0 aliphatic heterocycles. The van der Waals surface area contributed by atoms with E-state index < -0.39 is 0 Å². The van der Waals surface area contributed by atoms with Crippen LogP contribution in [0.3, 0.4) is 0 Å². The SMILES string of the molecule is CCC(CCO)Nc1nc(N)nc(N(CC)CC)n1. The Morgan fingerprint density at radius 2 is 1.89 bits per heavy atom. The second-order valence-electron chi connectivity index (χ2n) is 4.25. The molecular weight excluding hydrogens is 244 g/mol. The molecule has 0 radical (unpaired) electrons. The van der Waals surface area contributed by atoms with Crippen LogP contribution in [0.5, 0.6) is 0 Å². The molecule has 1 atom stereocenters. The van der Waals surface area contributed by atoms with Crippen LogP contribution in [0.25, 0.3) is 0 Å². The van der Waals surface area contributed by atoms with E-state index in [1.165, 1.54) is 0 Å². The van der Waals surface area contributed by atoms with Gasteiger partial charge in [0.05, 0.1) is 0 Å². The van der Waals surface area contributed by atoms with Crippen LogP contribution in [0.15, 0.2) is 0 Å². The Morgan fingerprint density at radius 1 is 1.21 bits per heavy atom. The van der Waals surface area contributed by atoms with E-state index in [2.05, 4.69) is 20.3 Å². The first-order valence-corrected chi connectivity index (χ1v) is 6.78. The average molecular weight is 268 g/mol. The van der Waals surface area contributed by atoms with Gasteiger partial charge in [-0.15, -0.1) is 0 Å². The number of nitrogens with one attached hydrogen (secondary N) is 1. The van der Waals surface area contributed by atoms with E-state index >= 15 is 0 Å². The van der Waals surface area contributed by atoms with Gasteiger partial charge >= 0.3 is 0 Å². The van der Waals surface area contributed by atoms with Crippen LogP contribution < -0.4 is 16.0 Å². The number of nitrogens with zero attached hydrogens (tertiary/aromatic N) is 4. The Morgan fingerprint density at radius 3 is 2.42 bits per heavy atom. The lowest BCUT2D eigenvalue weighted by atomic mass is 10.2. The van der Waals surface area contributed by atoms with Crippen LogP contribution >= 0.6 is 0 Å². The van der Waals surface area contributed by atoms with Gasteiger partial charge in [-0.05, 0) is 26.7 Å². The molecule has 1 rings (SSSR count). The van der Waals surface area contributed by atoms with E-state index in [4.69, 9.17) is 10.8 Å². The van der Waals surface area contributed by atoms with Crippen LogP contribution in [0.2, 0.25) is 0 Å². The van der Waals surface area contributed by atoms with Crippen LogP contribution in [0, 0.1) is 0 Å². The lowest BCUT2D eigenvalue weighted by Crippen LogP contribution is -2.27. The summed E-state index contributed by atoms with van der Waals surface area (Å²) in [4.78, 5) is 14.6. The van der Waals surface area contributed by atoms with Crippen LogP contribution in [0.4, 0.5) is 17.8 Å². The Balaban J connectivity index is 2.89. The summed E-state index contributed by atoms with van der Waals surface area (Å²) >= 11 is 0. The first kappa shape index (κ1) is 15.4. The maximum Gasteiger partial charge on any atom is 0.231 e. The third kappa shape index (κ3) is 4.51. The van der Waals surface area contributed by atoms with Crippen molar-refractivity contribution in [3.8, 4) is 0 Å². The van der Waals surface area contributed by atoms with E-state index in [0.717, 1.165) is 19.5 Å². The Hall–Kier alpha value is -1.63. The van der Waals surface area contributed by atoms with Crippen LogP contribution in [-0.2, 0) is 0 Å². The topological polar surface area (TPSA) is 100 Å². The Kier molecular flexibility index (Phi) is 6.27. The van der Waals surface area contributed by atoms with Gasteiger partial charge in [0.15, 0.2) is 0 Å². The number of aromatic nitrogens is 3. The molecule has 0 spiro atoms. The van der Waals surface area contributed by atoms with E-state index in [9.17, 15) is 0 Å². The first-order valence-electron chi connectivity index (χ1n) is 6.78. The molecular formula is C12H24N6O. The number of hydrogen-bond acceptors (Lipinski definition) is 7. The van der Waals surface area contributed by atoms with Gasteiger partial charge in [0.2, 0.25) is 17.8 Å². The zero-order chi connectivity index (χ0) is 14.3. The summed E-state index contributed by atoms with van der Waals surface area (Å²) in [5.74, 6) is 1.26. The fourth-order valence-electron chi connectivity index (χ4n) is 1.81. The van der Waals surface area contributed by atoms with Crippen molar-refractivity contribution in [1.29, 1.82) is 0 Å². The van der Waals surface area contributed by atoms with E-state index in [1.807, 2.05) is 25.7 Å². The zero-order valence-electron chi connectivity index (χ0n) is 11.9. The molecule has 0 saturated carbocycles. The highest BCUT2D eigenvalue weighted by Gasteiger charge is 2.12. The van der Waals surface area contributed by atoms with E-state index in [1.54, 1.807) is 0 Å². The Labute approximate surface area is 114 Å². The molecule has 7 heteroatoms. The molecule has 4 N–H and O–H groups in total. The minimum Gasteiger partial charge on any atom is -0.396 e. The average Bonchev–Trinajstić information content (AvgIpc) is 2.39. The second kappa shape index (κ2) is 7.73. The maximum absolute atomic E-state index is 8.99. The van der Waals surface area contributed by atoms with Crippen molar-refractivity contribution in [3.63, 3.8) is 0 Å². The third-order valence-corrected chi connectivity index (χ3v) is 2.99. The largest absolute Gasteiger partial charge is 0.396 e. The molecule has 7 nitrogen and oxygen atoms in total. The van der Waals surface area contributed by atoms with Crippen LogP contribution in [-0.4, -0.2) is 45.8 Å². The number of nitrogen functional groups attached to an aromatic ring is 1. The van der Waals surface area contributed by atoms with Crippen molar-refractivity contribution in [3.05, 3.63) is 0 Å². The monoisotopic (exact) mass is 268 g/mol. The van der Waals surface area contributed by atoms with Gasteiger partial charge in [0, 0.05) is 25.7 Å². The van der Waals surface area contributed by atoms with Gasteiger partial charge in [0.25, 0.3) is 0 Å². The van der Waals surface area contributed by atoms with Crippen molar-refractivity contribution >= 4 is 17.8 Å². The van der Waals surface area contributed by atoms with Crippen molar-refractivity contribution in [2.75, 3.05) is 35.6 Å². The molecule has 1 unspecified atom stereocenters. The van der Waals surface area contributed by atoms with Gasteiger partial charge in [-0.2, -0.15) is 15.0 Å². The summed E-state index contributed by atoms with van der Waals surface area (Å²) in [5, 5.41) is 12.2. The molecule has 0 aliphatic rings. The molecule has 0 fully saturated rings. The number of aliphatic hydroxyl groups excluding tert-OH is 1. The summed E-state index contributed by atoms with van der Waals surface area (Å²) in [6.45, 7) is 7.88. The van der Waals surface area contributed by atoms with Gasteiger partial charge in [-0.3, -0.25) is 0 Å². The normalized spacial score (nSPS) is 12.2. The minimum atomic E-state index is 0.134. The summed E-state index contributed by atoms with van der Waals surface area (Å²) < 4.78 is 0. The minimum absolute atomic E-state index is 0.134. The first-order chi connectivity index (χ1) is 9.14. The highest BCUT2D eigenvalue weighted by atomic mass is 16.3. The van der Waals surface area contributed by atoms with E-state index in [0.29, 0.717) is 18.3 Å². The molecule has 0 saturated heterocycles. The fourth-order valence-corrected chi connectivity index (χ4v) is 1.81. The lowest BCUT2D eigenvalue weighted by Gasteiger charge is -2.20. The molecule has 1 aromatic rings.